The molecule has 1 heterocycles. The summed E-state index contributed by atoms with van der Waals surface area (Å²) in [4.78, 5) is 4.52. The molecule has 4 heteroatoms. The molecule has 112 valence electrons. The van der Waals surface area contributed by atoms with Crippen molar-refractivity contribution in [2.75, 3.05) is 13.7 Å². The minimum atomic E-state index is 0.149. The minimum absolute atomic E-state index is 0.149. The third kappa shape index (κ3) is 4.55. The maximum atomic E-state index is 5.46. The van der Waals surface area contributed by atoms with Crippen LogP contribution in [0.25, 0.3) is 0 Å². The monoisotopic (exact) mass is 348 g/mol. The molecule has 1 aromatic carbocycles. The van der Waals surface area contributed by atoms with Crippen LogP contribution in [0.4, 0.5) is 0 Å². The average Bonchev–Trinajstić information content (AvgIpc) is 2.51. The highest BCUT2D eigenvalue weighted by Crippen LogP contribution is 2.26. The summed E-state index contributed by atoms with van der Waals surface area (Å²) in [5.74, 6) is 0.834. The smallest absolute Gasteiger partial charge is 0.141 e. The molecule has 0 spiro atoms. The van der Waals surface area contributed by atoms with Crippen LogP contribution >= 0.6 is 15.9 Å². The van der Waals surface area contributed by atoms with E-state index in [2.05, 4.69) is 51.4 Å². The molecule has 0 bridgehead atoms. The predicted octanol–water partition coefficient (Wildman–Crippen LogP) is 4.14. The fourth-order valence-electron chi connectivity index (χ4n) is 2.32. The molecule has 1 unspecified atom stereocenters. The Hall–Kier alpha value is -1.39. The Morgan fingerprint density at radius 2 is 2.14 bits per heavy atom. The average molecular weight is 349 g/mol. The molecule has 2 aromatic rings. The van der Waals surface area contributed by atoms with Crippen molar-refractivity contribution in [2.45, 2.75) is 25.8 Å². The summed E-state index contributed by atoms with van der Waals surface area (Å²) >= 11 is 3.53. The molecule has 0 aliphatic carbocycles. The first-order valence-corrected chi connectivity index (χ1v) is 8.00. The van der Waals surface area contributed by atoms with E-state index in [1.807, 2.05) is 24.4 Å². The van der Waals surface area contributed by atoms with Crippen molar-refractivity contribution in [3.63, 3.8) is 0 Å². The third-order valence-electron chi connectivity index (χ3n) is 3.32. The van der Waals surface area contributed by atoms with Gasteiger partial charge in [0.1, 0.15) is 5.75 Å². The Bertz CT molecular complexity index is 574. The number of aromatic nitrogens is 1. The van der Waals surface area contributed by atoms with Crippen LogP contribution in [0.2, 0.25) is 0 Å². The van der Waals surface area contributed by atoms with E-state index in [0.29, 0.717) is 0 Å². The molecule has 1 aromatic heterocycles. The fourth-order valence-corrected chi connectivity index (χ4v) is 2.77. The lowest BCUT2D eigenvalue weighted by molar-refractivity contribution is 0.393. The fraction of sp³-hybridized carbons (Fsp3) is 0.353. The number of hydrogen-bond donors (Lipinski definition) is 1. The number of rotatable bonds is 7. The van der Waals surface area contributed by atoms with Crippen LogP contribution in [-0.4, -0.2) is 18.6 Å². The molecule has 1 atom stereocenters. The first kappa shape index (κ1) is 16.0. The lowest BCUT2D eigenvalue weighted by Gasteiger charge is -2.20. The number of benzene rings is 1. The quantitative estimate of drug-likeness (QED) is 0.816. The van der Waals surface area contributed by atoms with E-state index in [4.69, 9.17) is 4.74 Å². The van der Waals surface area contributed by atoms with E-state index < -0.39 is 0 Å². The zero-order chi connectivity index (χ0) is 15.1. The summed E-state index contributed by atoms with van der Waals surface area (Å²) in [6, 6.07) is 12.4. The van der Waals surface area contributed by atoms with Gasteiger partial charge in [0.15, 0.2) is 0 Å². The summed E-state index contributed by atoms with van der Waals surface area (Å²) in [6.07, 6.45) is 3.79. The van der Waals surface area contributed by atoms with Gasteiger partial charge in [-0.2, -0.15) is 0 Å². The lowest BCUT2D eigenvalue weighted by atomic mass is 10.0. The summed E-state index contributed by atoms with van der Waals surface area (Å²) in [7, 11) is 1.69. The number of pyridine rings is 1. The highest BCUT2D eigenvalue weighted by molar-refractivity contribution is 9.10. The zero-order valence-electron chi connectivity index (χ0n) is 12.5. The Labute approximate surface area is 134 Å². The highest BCUT2D eigenvalue weighted by atomic mass is 79.9. The molecule has 0 aliphatic heterocycles. The summed E-state index contributed by atoms with van der Waals surface area (Å²) < 4.78 is 6.56. The first-order chi connectivity index (χ1) is 10.2. The molecule has 2 rings (SSSR count). The molecule has 0 saturated carbocycles. The molecule has 0 saturated heterocycles. The Balaban J connectivity index is 2.25. The minimum Gasteiger partial charge on any atom is -0.495 e. The van der Waals surface area contributed by atoms with Crippen molar-refractivity contribution in [1.29, 1.82) is 0 Å². The summed E-state index contributed by atoms with van der Waals surface area (Å²) in [6.45, 7) is 3.12. The van der Waals surface area contributed by atoms with Crippen molar-refractivity contribution >= 4 is 15.9 Å². The Kier molecular flexibility index (Phi) is 6.21. The van der Waals surface area contributed by atoms with Crippen LogP contribution < -0.4 is 10.1 Å². The Morgan fingerprint density at radius 3 is 2.86 bits per heavy atom. The predicted molar refractivity (Wildman–Crippen MR) is 89.7 cm³/mol. The SMILES string of the molecule is CCCNC(Cc1cccc(Br)c1)c1ncccc1OC. The van der Waals surface area contributed by atoms with Crippen LogP contribution in [0.1, 0.15) is 30.6 Å². The van der Waals surface area contributed by atoms with E-state index in [1.54, 1.807) is 7.11 Å². The van der Waals surface area contributed by atoms with Crippen LogP contribution in [0.15, 0.2) is 47.1 Å². The van der Waals surface area contributed by atoms with Crippen LogP contribution in [0.5, 0.6) is 5.75 Å². The number of ether oxygens (including phenoxy) is 1. The molecule has 0 fully saturated rings. The van der Waals surface area contributed by atoms with Gasteiger partial charge in [0, 0.05) is 10.7 Å². The summed E-state index contributed by atoms with van der Waals surface area (Å²) in [5, 5.41) is 3.57. The number of nitrogens with one attached hydrogen (secondary N) is 1. The van der Waals surface area contributed by atoms with Gasteiger partial charge < -0.3 is 10.1 Å². The van der Waals surface area contributed by atoms with Crippen LogP contribution in [0, 0.1) is 0 Å². The molecular formula is C17H21BrN2O. The molecule has 3 nitrogen and oxygen atoms in total. The standard InChI is InChI=1S/C17H21BrN2O/c1-3-9-19-15(12-13-6-4-7-14(18)11-13)17-16(21-2)8-5-10-20-17/h4-8,10-11,15,19H,3,9,12H2,1-2H3. The van der Waals surface area contributed by atoms with E-state index in [-0.39, 0.29) is 6.04 Å². The normalized spacial score (nSPS) is 12.1. The number of nitrogens with zero attached hydrogens (tertiary/aromatic N) is 1. The third-order valence-corrected chi connectivity index (χ3v) is 3.81. The van der Waals surface area contributed by atoms with E-state index >= 15 is 0 Å². The molecule has 0 amide bonds. The van der Waals surface area contributed by atoms with E-state index in [0.717, 1.165) is 35.3 Å². The van der Waals surface area contributed by atoms with Gasteiger partial charge in [-0.25, -0.2) is 0 Å². The lowest BCUT2D eigenvalue weighted by Crippen LogP contribution is -2.25. The molecule has 0 aliphatic rings. The highest BCUT2D eigenvalue weighted by Gasteiger charge is 2.17. The Morgan fingerprint density at radius 1 is 1.29 bits per heavy atom. The van der Waals surface area contributed by atoms with Crippen LogP contribution in [0.3, 0.4) is 0 Å². The van der Waals surface area contributed by atoms with Crippen molar-refractivity contribution in [1.82, 2.24) is 10.3 Å². The zero-order valence-corrected chi connectivity index (χ0v) is 14.1. The van der Waals surface area contributed by atoms with Gasteiger partial charge in [0.25, 0.3) is 0 Å². The second kappa shape index (κ2) is 8.15. The van der Waals surface area contributed by atoms with Gasteiger partial charge in [-0.1, -0.05) is 35.0 Å². The molecular weight excluding hydrogens is 328 g/mol. The van der Waals surface area contributed by atoms with Gasteiger partial charge in [-0.3, -0.25) is 4.98 Å². The van der Waals surface area contributed by atoms with E-state index in [9.17, 15) is 0 Å². The van der Waals surface area contributed by atoms with Crippen molar-refractivity contribution < 1.29 is 4.74 Å². The topological polar surface area (TPSA) is 34.2 Å². The number of hydrogen-bond acceptors (Lipinski definition) is 3. The van der Waals surface area contributed by atoms with Crippen LogP contribution in [-0.2, 0) is 6.42 Å². The molecule has 0 radical (unpaired) electrons. The number of halogens is 1. The maximum Gasteiger partial charge on any atom is 0.141 e. The van der Waals surface area contributed by atoms with Gasteiger partial charge in [-0.15, -0.1) is 0 Å². The van der Waals surface area contributed by atoms with Gasteiger partial charge in [-0.05, 0) is 49.2 Å². The van der Waals surface area contributed by atoms with E-state index in [1.165, 1.54) is 5.56 Å². The second-order valence-electron chi connectivity index (χ2n) is 4.93. The molecule has 21 heavy (non-hydrogen) atoms. The molecule has 1 N–H and O–H groups in total. The van der Waals surface area contributed by atoms with Crippen molar-refractivity contribution in [3.8, 4) is 5.75 Å². The largest absolute Gasteiger partial charge is 0.495 e. The van der Waals surface area contributed by atoms with Crippen molar-refractivity contribution in [2.24, 2.45) is 0 Å². The second-order valence-corrected chi connectivity index (χ2v) is 5.85. The first-order valence-electron chi connectivity index (χ1n) is 7.21. The summed E-state index contributed by atoms with van der Waals surface area (Å²) in [5.41, 5.74) is 2.24. The van der Waals surface area contributed by atoms with Crippen molar-refractivity contribution in [3.05, 3.63) is 58.3 Å². The van der Waals surface area contributed by atoms with Gasteiger partial charge in [0.05, 0.1) is 18.8 Å². The number of methoxy groups -OCH3 is 1. The van der Waals surface area contributed by atoms with Gasteiger partial charge >= 0.3 is 0 Å². The van der Waals surface area contributed by atoms with Gasteiger partial charge in [0.2, 0.25) is 0 Å². The maximum absolute atomic E-state index is 5.46.